The molecule has 16 nitrogen and oxygen atoms in total. The number of rotatable bonds is 12. The minimum Gasteiger partial charge on any atom is -0.463 e. The largest absolute Gasteiger partial charge is 0.463 e. The van der Waals surface area contributed by atoms with Crippen molar-refractivity contribution in [1.29, 1.82) is 0 Å². The second-order valence-corrected chi connectivity index (χ2v) is 11.9. The van der Waals surface area contributed by atoms with E-state index in [0.29, 0.717) is 17.5 Å². The second kappa shape index (κ2) is 16.5. The topological polar surface area (TPSA) is 219 Å². The summed E-state index contributed by atoms with van der Waals surface area (Å²) in [7, 11) is -4.47. The molecule has 1 aliphatic heterocycles. The van der Waals surface area contributed by atoms with Crippen molar-refractivity contribution < 1.29 is 60.9 Å². The third-order valence-corrected chi connectivity index (χ3v) is 7.82. The number of hydrogen-bond acceptors (Lipinski definition) is 13. The Balaban J connectivity index is 1.74. The van der Waals surface area contributed by atoms with Crippen LogP contribution in [0.5, 0.6) is 0 Å². The summed E-state index contributed by atoms with van der Waals surface area (Å²) >= 11 is 0. The summed E-state index contributed by atoms with van der Waals surface area (Å²) in [4.78, 5) is 72.2. The fourth-order valence-electron chi connectivity index (χ4n) is 4.53. The third kappa shape index (κ3) is 11.1. The van der Waals surface area contributed by atoms with Gasteiger partial charge in [-0.15, -0.1) is 0 Å². The van der Waals surface area contributed by atoms with Gasteiger partial charge in [-0.1, -0.05) is 30.3 Å². The monoisotopic (exact) mass is 677 g/mol. The van der Waals surface area contributed by atoms with Crippen molar-refractivity contribution in [2.75, 3.05) is 13.2 Å². The molecular weight excluding hydrogens is 642 g/mol. The van der Waals surface area contributed by atoms with E-state index in [-0.39, 0.29) is 17.3 Å². The van der Waals surface area contributed by atoms with Gasteiger partial charge in [0.15, 0.2) is 12.2 Å². The van der Waals surface area contributed by atoms with Gasteiger partial charge in [0, 0.05) is 39.8 Å². The van der Waals surface area contributed by atoms with Gasteiger partial charge in [0.25, 0.3) is 15.9 Å². The molecule has 254 valence electrons. The van der Waals surface area contributed by atoms with Crippen LogP contribution in [0.4, 0.5) is 4.79 Å². The number of urea groups is 1. The molecule has 0 spiro atoms. The molecule has 1 aliphatic rings. The van der Waals surface area contributed by atoms with Gasteiger partial charge in [0.1, 0.15) is 18.8 Å². The van der Waals surface area contributed by atoms with Crippen molar-refractivity contribution >= 4 is 45.8 Å². The maximum Gasteiger partial charge on any atom is 0.329 e. The first-order chi connectivity index (χ1) is 22.2. The van der Waals surface area contributed by atoms with Crippen LogP contribution < -0.4 is 15.4 Å². The zero-order valence-corrected chi connectivity index (χ0v) is 26.7. The number of carbonyl (C=O) groups excluding carboxylic acids is 6. The van der Waals surface area contributed by atoms with Crippen molar-refractivity contribution in [2.45, 2.75) is 69.7 Å². The maximum atomic E-state index is 13.0. The summed E-state index contributed by atoms with van der Waals surface area (Å²) in [5, 5.41) is 5.03. The first kappa shape index (κ1) is 36.4. The van der Waals surface area contributed by atoms with Crippen LogP contribution in [-0.4, -0.2) is 88.0 Å². The van der Waals surface area contributed by atoms with E-state index in [4.69, 9.17) is 23.7 Å². The van der Waals surface area contributed by atoms with E-state index in [9.17, 15) is 37.2 Å². The number of carbonyl (C=O) groups is 6. The van der Waals surface area contributed by atoms with E-state index < -0.39 is 77.2 Å². The molecule has 3 amide bonds. The number of amides is 3. The predicted molar refractivity (Wildman–Crippen MR) is 160 cm³/mol. The standard InChI is InChI=1S/C30H35N3O13S/c1-17(34)42-16-24-26(43-18(2)35)27(44-19(3)36)25(29(46-24)45-20(4)37)32-30(39)33-47(40,41)23-12-10-21(11-13-23)14-15-31-28(38)22-8-6-5-7-9-22/h5-13,24-27,29H,14-16H2,1-4H3,(H,31,38)(H2,32,33,39)/t24?,25-,26+,27?,29+/m0/s1. The summed E-state index contributed by atoms with van der Waals surface area (Å²) in [6, 6.07) is 11.2. The van der Waals surface area contributed by atoms with Gasteiger partial charge in [-0.2, -0.15) is 0 Å². The van der Waals surface area contributed by atoms with Crippen LogP contribution in [0, 0.1) is 0 Å². The minimum atomic E-state index is -4.47. The van der Waals surface area contributed by atoms with Crippen LogP contribution in [0.1, 0.15) is 43.6 Å². The molecule has 3 N–H and O–H groups in total. The molecule has 17 heteroatoms. The molecule has 3 rings (SSSR count). The van der Waals surface area contributed by atoms with Gasteiger partial charge in [-0.25, -0.2) is 17.9 Å². The molecule has 0 aliphatic carbocycles. The summed E-state index contributed by atoms with van der Waals surface area (Å²) in [5.74, 6) is -3.64. The highest BCUT2D eigenvalue weighted by atomic mass is 32.2. The Morgan fingerprint density at radius 2 is 1.36 bits per heavy atom. The molecule has 0 radical (unpaired) electrons. The normalized spacial score (nSPS) is 20.6. The van der Waals surface area contributed by atoms with Gasteiger partial charge in [-0.05, 0) is 36.2 Å². The lowest BCUT2D eigenvalue weighted by Gasteiger charge is -2.44. The van der Waals surface area contributed by atoms with Gasteiger partial charge < -0.3 is 34.3 Å². The Bertz CT molecular complexity index is 1560. The highest BCUT2D eigenvalue weighted by Gasteiger charge is 2.52. The van der Waals surface area contributed by atoms with Crippen molar-refractivity contribution in [2.24, 2.45) is 0 Å². The van der Waals surface area contributed by atoms with Crippen LogP contribution in [-0.2, 0) is 59.3 Å². The van der Waals surface area contributed by atoms with Gasteiger partial charge in [-0.3, -0.25) is 24.0 Å². The molecule has 1 fully saturated rings. The average Bonchev–Trinajstić information content (AvgIpc) is 2.98. The Labute approximate surface area is 270 Å². The van der Waals surface area contributed by atoms with Gasteiger partial charge >= 0.3 is 29.9 Å². The Kier molecular flexibility index (Phi) is 12.8. The number of hydrogen-bond donors (Lipinski definition) is 3. The number of sulfonamides is 1. The van der Waals surface area contributed by atoms with E-state index in [2.05, 4.69) is 10.6 Å². The Morgan fingerprint density at radius 1 is 0.766 bits per heavy atom. The Morgan fingerprint density at radius 3 is 1.94 bits per heavy atom. The van der Waals surface area contributed by atoms with Crippen LogP contribution in [0.2, 0.25) is 0 Å². The highest BCUT2D eigenvalue weighted by molar-refractivity contribution is 7.90. The molecule has 1 heterocycles. The van der Waals surface area contributed by atoms with Crippen LogP contribution >= 0.6 is 0 Å². The summed E-state index contributed by atoms with van der Waals surface area (Å²) in [5.41, 5.74) is 1.20. The van der Waals surface area contributed by atoms with Crippen molar-refractivity contribution in [3.8, 4) is 0 Å². The van der Waals surface area contributed by atoms with Crippen molar-refractivity contribution in [3.05, 3.63) is 65.7 Å². The van der Waals surface area contributed by atoms with Crippen LogP contribution in [0.3, 0.4) is 0 Å². The lowest BCUT2D eigenvalue weighted by atomic mass is 9.96. The smallest absolute Gasteiger partial charge is 0.329 e. The number of esters is 4. The average molecular weight is 678 g/mol. The zero-order chi connectivity index (χ0) is 34.7. The second-order valence-electron chi connectivity index (χ2n) is 10.2. The number of nitrogens with one attached hydrogen (secondary N) is 3. The van der Waals surface area contributed by atoms with Crippen molar-refractivity contribution in [3.63, 3.8) is 0 Å². The van der Waals surface area contributed by atoms with Crippen molar-refractivity contribution in [1.82, 2.24) is 15.4 Å². The van der Waals surface area contributed by atoms with Crippen LogP contribution in [0.25, 0.3) is 0 Å². The zero-order valence-electron chi connectivity index (χ0n) is 25.9. The third-order valence-electron chi connectivity index (χ3n) is 6.48. The van der Waals surface area contributed by atoms with E-state index in [1.807, 2.05) is 4.72 Å². The highest BCUT2D eigenvalue weighted by Crippen LogP contribution is 2.28. The Hall–Kier alpha value is -5.03. The van der Waals surface area contributed by atoms with Gasteiger partial charge in [0.2, 0.25) is 6.29 Å². The van der Waals surface area contributed by atoms with E-state index in [0.717, 1.165) is 27.7 Å². The summed E-state index contributed by atoms with van der Waals surface area (Å²) in [6.45, 7) is 3.95. The van der Waals surface area contributed by atoms with Crippen LogP contribution in [0.15, 0.2) is 59.5 Å². The molecular formula is C30H35N3O13S. The first-order valence-corrected chi connectivity index (χ1v) is 15.7. The number of benzene rings is 2. The molecule has 2 unspecified atom stereocenters. The van der Waals surface area contributed by atoms with E-state index >= 15 is 0 Å². The maximum absolute atomic E-state index is 13.0. The van der Waals surface area contributed by atoms with Gasteiger partial charge in [0.05, 0.1) is 4.90 Å². The lowest BCUT2D eigenvalue weighted by molar-refractivity contribution is -0.270. The molecule has 0 bridgehead atoms. The minimum absolute atomic E-state index is 0.255. The van der Waals surface area contributed by atoms with E-state index in [1.165, 1.54) is 24.3 Å². The molecule has 1 saturated heterocycles. The SMILES string of the molecule is CC(=O)OCC1O[C@@H](OC(C)=O)[C@@H](NC(=O)NS(=O)(=O)c2ccc(CCNC(=O)c3ccccc3)cc2)C(OC(C)=O)[C@@H]1OC(C)=O. The fourth-order valence-corrected chi connectivity index (χ4v) is 5.44. The van der Waals surface area contributed by atoms with E-state index in [1.54, 1.807) is 30.3 Å². The molecule has 0 saturated carbocycles. The fraction of sp³-hybridized carbons (Fsp3) is 0.400. The summed E-state index contributed by atoms with van der Waals surface area (Å²) < 4.78 is 54.3. The molecule has 2 aromatic carbocycles. The quantitative estimate of drug-likeness (QED) is 0.209. The lowest BCUT2D eigenvalue weighted by Crippen LogP contribution is -2.67. The molecule has 0 aromatic heterocycles. The molecule has 2 aromatic rings. The first-order valence-electron chi connectivity index (χ1n) is 14.2. The number of ether oxygens (including phenoxy) is 5. The molecule has 47 heavy (non-hydrogen) atoms. The molecule has 5 atom stereocenters. The summed E-state index contributed by atoms with van der Waals surface area (Å²) in [6.07, 6.45) is -5.73. The predicted octanol–water partition coefficient (Wildman–Crippen LogP) is 0.730.